The van der Waals surface area contributed by atoms with Gasteiger partial charge in [-0.25, -0.2) is 4.98 Å². The molecule has 1 aromatic heterocycles. The van der Waals surface area contributed by atoms with Crippen molar-refractivity contribution in [2.24, 2.45) is 0 Å². The van der Waals surface area contributed by atoms with Crippen LogP contribution in [0.2, 0.25) is 0 Å². The van der Waals surface area contributed by atoms with E-state index in [1.54, 1.807) is 0 Å². The molecule has 3 rings (SSSR count). The molecular formula is C15H18N2O. The van der Waals surface area contributed by atoms with E-state index < -0.39 is 0 Å². The molecule has 0 N–H and O–H groups in total. The van der Waals surface area contributed by atoms with E-state index in [0.29, 0.717) is 12.6 Å². The largest absolute Gasteiger partial charge is 0.487 e. The molecule has 94 valence electrons. The Morgan fingerprint density at radius 1 is 1.22 bits per heavy atom. The fourth-order valence-electron chi connectivity index (χ4n) is 2.30. The van der Waals surface area contributed by atoms with E-state index >= 15 is 0 Å². The van der Waals surface area contributed by atoms with E-state index in [4.69, 9.17) is 4.74 Å². The standard InChI is InChI=1S/C15H18N2O/c1-11-5-12(2)7-15(6-11)18-9-14-8-16-10-17(14)13-3-4-13/h5-8,10,13H,3-4,9H2,1-2H3. The first-order chi connectivity index (χ1) is 8.72. The van der Waals surface area contributed by atoms with Crippen LogP contribution in [0.15, 0.2) is 30.7 Å². The zero-order valence-corrected chi connectivity index (χ0v) is 10.9. The lowest BCUT2D eigenvalue weighted by molar-refractivity contribution is 0.294. The number of hydrogen-bond donors (Lipinski definition) is 0. The molecule has 0 saturated heterocycles. The van der Waals surface area contributed by atoms with E-state index in [9.17, 15) is 0 Å². The van der Waals surface area contributed by atoms with Crippen LogP contribution in [-0.4, -0.2) is 9.55 Å². The lowest BCUT2D eigenvalue weighted by Gasteiger charge is -2.10. The topological polar surface area (TPSA) is 27.1 Å². The van der Waals surface area contributed by atoms with Gasteiger partial charge < -0.3 is 9.30 Å². The van der Waals surface area contributed by atoms with Gasteiger partial charge in [-0.15, -0.1) is 0 Å². The van der Waals surface area contributed by atoms with Crippen LogP contribution in [0.3, 0.4) is 0 Å². The van der Waals surface area contributed by atoms with Crippen LogP contribution in [-0.2, 0) is 6.61 Å². The highest BCUT2D eigenvalue weighted by Gasteiger charge is 2.25. The highest BCUT2D eigenvalue weighted by atomic mass is 16.5. The second-order valence-corrected chi connectivity index (χ2v) is 5.14. The number of imidazole rings is 1. The summed E-state index contributed by atoms with van der Waals surface area (Å²) in [5.74, 6) is 0.941. The molecule has 0 unspecified atom stereocenters. The van der Waals surface area contributed by atoms with E-state index in [1.165, 1.54) is 24.0 Å². The zero-order chi connectivity index (χ0) is 12.5. The van der Waals surface area contributed by atoms with Crippen LogP contribution in [0.5, 0.6) is 5.75 Å². The van der Waals surface area contributed by atoms with Crippen LogP contribution >= 0.6 is 0 Å². The molecule has 1 aromatic carbocycles. The van der Waals surface area contributed by atoms with Crippen LogP contribution in [0.25, 0.3) is 0 Å². The maximum atomic E-state index is 5.87. The predicted octanol–water partition coefficient (Wildman–Crippen LogP) is 3.41. The van der Waals surface area contributed by atoms with Crippen molar-refractivity contribution in [3.63, 3.8) is 0 Å². The van der Waals surface area contributed by atoms with Crippen molar-refractivity contribution in [2.45, 2.75) is 39.3 Å². The molecule has 0 aliphatic heterocycles. The first-order valence-corrected chi connectivity index (χ1v) is 6.44. The Bertz CT molecular complexity index is 535. The molecule has 1 aliphatic carbocycles. The van der Waals surface area contributed by atoms with Crippen LogP contribution < -0.4 is 4.74 Å². The van der Waals surface area contributed by atoms with Crippen LogP contribution in [0.1, 0.15) is 35.7 Å². The molecule has 18 heavy (non-hydrogen) atoms. The van der Waals surface area contributed by atoms with Gasteiger partial charge in [0, 0.05) is 6.04 Å². The number of nitrogens with zero attached hydrogens (tertiary/aromatic N) is 2. The molecule has 1 heterocycles. The lowest BCUT2D eigenvalue weighted by atomic mass is 10.1. The zero-order valence-electron chi connectivity index (χ0n) is 10.9. The van der Waals surface area contributed by atoms with Crippen molar-refractivity contribution >= 4 is 0 Å². The van der Waals surface area contributed by atoms with E-state index in [2.05, 4.69) is 41.6 Å². The van der Waals surface area contributed by atoms with Crippen molar-refractivity contribution < 1.29 is 4.74 Å². The summed E-state index contributed by atoms with van der Waals surface area (Å²) in [6, 6.07) is 6.96. The summed E-state index contributed by atoms with van der Waals surface area (Å²) in [5.41, 5.74) is 3.64. The maximum absolute atomic E-state index is 5.87. The Morgan fingerprint density at radius 2 is 1.94 bits per heavy atom. The minimum absolute atomic E-state index is 0.597. The van der Waals surface area contributed by atoms with Crippen molar-refractivity contribution in [3.8, 4) is 5.75 Å². The van der Waals surface area contributed by atoms with Crippen molar-refractivity contribution in [3.05, 3.63) is 47.5 Å². The fraction of sp³-hybridized carbons (Fsp3) is 0.400. The molecule has 0 bridgehead atoms. The highest BCUT2D eigenvalue weighted by molar-refractivity contribution is 5.33. The van der Waals surface area contributed by atoms with Gasteiger partial charge in [-0.05, 0) is 49.9 Å². The number of ether oxygens (including phenoxy) is 1. The Morgan fingerprint density at radius 3 is 2.61 bits per heavy atom. The van der Waals surface area contributed by atoms with Crippen LogP contribution in [0.4, 0.5) is 0 Å². The summed E-state index contributed by atoms with van der Waals surface area (Å²) in [7, 11) is 0. The van der Waals surface area contributed by atoms with Gasteiger partial charge in [-0.1, -0.05) is 6.07 Å². The summed E-state index contributed by atoms with van der Waals surface area (Å²) in [6.07, 6.45) is 6.36. The van der Waals surface area contributed by atoms with E-state index in [-0.39, 0.29) is 0 Å². The summed E-state index contributed by atoms with van der Waals surface area (Å²) in [4.78, 5) is 4.21. The fourth-order valence-corrected chi connectivity index (χ4v) is 2.30. The van der Waals surface area contributed by atoms with Crippen molar-refractivity contribution in [1.29, 1.82) is 0 Å². The Labute approximate surface area is 107 Å². The van der Waals surface area contributed by atoms with Crippen molar-refractivity contribution in [2.75, 3.05) is 0 Å². The summed E-state index contributed by atoms with van der Waals surface area (Å²) >= 11 is 0. The van der Waals surface area contributed by atoms with E-state index in [0.717, 1.165) is 11.4 Å². The third kappa shape index (κ3) is 2.40. The number of benzene rings is 1. The molecule has 3 heteroatoms. The molecule has 0 amide bonds. The molecule has 0 atom stereocenters. The number of aryl methyl sites for hydroxylation is 2. The monoisotopic (exact) mass is 242 g/mol. The second-order valence-electron chi connectivity index (χ2n) is 5.14. The SMILES string of the molecule is Cc1cc(C)cc(OCc2cncn2C2CC2)c1. The Hall–Kier alpha value is -1.77. The average molecular weight is 242 g/mol. The molecule has 1 saturated carbocycles. The molecule has 1 fully saturated rings. The predicted molar refractivity (Wildman–Crippen MR) is 70.7 cm³/mol. The first kappa shape index (κ1) is 11.3. The van der Waals surface area contributed by atoms with Crippen LogP contribution in [0, 0.1) is 13.8 Å². The summed E-state index contributed by atoms with van der Waals surface area (Å²) in [5, 5.41) is 0. The first-order valence-electron chi connectivity index (χ1n) is 6.44. The van der Waals surface area contributed by atoms with Gasteiger partial charge in [-0.2, -0.15) is 0 Å². The Kier molecular flexibility index (Phi) is 2.82. The highest BCUT2D eigenvalue weighted by Crippen LogP contribution is 2.35. The third-order valence-corrected chi connectivity index (χ3v) is 3.27. The molecule has 2 aromatic rings. The van der Waals surface area contributed by atoms with Gasteiger partial charge in [0.05, 0.1) is 18.2 Å². The molecule has 0 radical (unpaired) electrons. The Balaban J connectivity index is 1.71. The third-order valence-electron chi connectivity index (χ3n) is 3.27. The number of aromatic nitrogens is 2. The molecule has 3 nitrogen and oxygen atoms in total. The number of hydrogen-bond acceptors (Lipinski definition) is 2. The summed E-state index contributed by atoms with van der Waals surface area (Å²) < 4.78 is 8.11. The summed E-state index contributed by atoms with van der Waals surface area (Å²) in [6.45, 7) is 4.78. The van der Waals surface area contributed by atoms with Gasteiger partial charge in [-0.3, -0.25) is 0 Å². The smallest absolute Gasteiger partial charge is 0.130 e. The number of rotatable bonds is 4. The quantitative estimate of drug-likeness (QED) is 0.821. The van der Waals surface area contributed by atoms with E-state index in [1.807, 2.05) is 12.5 Å². The average Bonchev–Trinajstić information content (AvgIpc) is 3.05. The molecule has 0 spiro atoms. The minimum Gasteiger partial charge on any atom is -0.487 e. The van der Waals surface area contributed by atoms with Gasteiger partial charge in [0.15, 0.2) is 0 Å². The second kappa shape index (κ2) is 4.48. The van der Waals surface area contributed by atoms with Crippen molar-refractivity contribution in [1.82, 2.24) is 9.55 Å². The van der Waals surface area contributed by atoms with Gasteiger partial charge >= 0.3 is 0 Å². The maximum Gasteiger partial charge on any atom is 0.130 e. The van der Waals surface area contributed by atoms with Gasteiger partial charge in [0.1, 0.15) is 12.4 Å². The normalized spacial score (nSPS) is 14.8. The molecule has 1 aliphatic rings. The lowest BCUT2D eigenvalue weighted by Crippen LogP contribution is -2.03. The molecular weight excluding hydrogens is 224 g/mol. The van der Waals surface area contributed by atoms with Gasteiger partial charge in [0.25, 0.3) is 0 Å². The van der Waals surface area contributed by atoms with Gasteiger partial charge in [0.2, 0.25) is 0 Å². The minimum atomic E-state index is 0.597.